The van der Waals surface area contributed by atoms with E-state index in [9.17, 15) is 14.6 Å². The van der Waals surface area contributed by atoms with Crippen molar-refractivity contribution in [1.82, 2.24) is 0 Å². The molecule has 68 valence electrons. The fourth-order valence-electron chi connectivity index (χ4n) is 1.17. The summed E-state index contributed by atoms with van der Waals surface area (Å²) in [6.45, 7) is -1.71. The van der Waals surface area contributed by atoms with E-state index in [1.165, 1.54) is 0 Å². The maximum absolute atomic E-state index is 12.2. The summed E-state index contributed by atoms with van der Waals surface area (Å²) in [5, 5.41) is 27.2. The number of ether oxygens (including phenoxy) is 1. The highest BCUT2D eigenvalue weighted by Crippen LogP contribution is 2.29. The summed E-state index contributed by atoms with van der Waals surface area (Å²) in [5.74, 6) is 0. The molecule has 2 radical (unpaired) electrons. The SMILES string of the molecule is [B][C@@H]1O[C@H](CO)[C@H](O)[C@]1(O)CF. The Labute approximate surface area is 70.4 Å². The summed E-state index contributed by atoms with van der Waals surface area (Å²) >= 11 is 0. The Hall–Kier alpha value is -0.165. The Kier molecular flexibility index (Phi) is 2.72. The van der Waals surface area contributed by atoms with Crippen LogP contribution in [0.4, 0.5) is 4.39 Å². The van der Waals surface area contributed by atoms with E-state index in [0.29, 0.717) is 0 Å². The minimum atomic E-state index is -2.09. The van der Waals surface area contributed by atoms with Crippen molar-refractivity contribution in [3.8, 4) is 0 Å². The van der Waals surface area contributed by atoms with Gasteiger partial charge in [-0.15, -0.1) is 0 Å². The van der Waals surface area contributed by atoms with Gasteiger partial charge in [0, 0.05) is 0 Å². The molecule has 0 spiro atoms. The van der Waals surface area contributed by atoms with Gasteiger partial charge >= 0.3 is 0 Å². The first kappa shape index (κ1) is 9.92. The van der Waals surface area contributed by atoms with Crippen LogP contribution in [0, 0.1) is 0 Å². The van der Waals surface area contributed by atoms with Gasteiger partial charge in [-0.1, -0.05) is 0 Å². The van der Waals surface area contributed by atoms with Gasteiger partial charge in [0.2, 0.25) is 0 Å². The highest BCUT2D eigenvalue weighted by atomic mass is 19.1. The maximum Gasteiger partial charge on any atom is 0.139 e. The normalized spacial score (nSPS) is 48.2. The average Bonchev–Trinajstić information content (AvgIpc) is 2.30. The molecule has 0 aromatic carbocycles. The second-order valence-electron chi connectivity index (χ2n) is 2.85. The second-order valence-corrected chi connectivity index (χ2v) is 2.85. The molecular formula is C6H10BFO4. The minimum Gasteiger partial charge on any atom is -0.394 e. The third-order valence-electron chi connectivity index (χ3n) is 2.07. The second kappa shape index (κ2) is 3.29. The lowest BCUT2D eigenvalue weighted by Crippen LogP contribution is -2.50. The Balaban J connectivity index is 2.76. The van der Waals surface area contributed by atoms with Crippen LogP contribution in [0.25, 0.3) is 0 Å². The van der Waals surface area contributed by atoms with E-state index < -0.39 is 37.1 Å². The van der Waals surface area contributed by atoms with E-state index in [2.05, 4.69) is 0 Å². The number of rotatable bonds is 2. The molecule has 1 aliphatic rings. The molecule has 6 heteroatoms. The molecule has 1 fully saturated rings. The molecule has 1 aliphatic heterocycles. The van der Waals surface area contributed by atoms with Crippen LogP contribution < -0.4 is 0 Å². The minimum absolute atomic E-state index is 0.503. The zero-order chi connectivity index (χ0) is 9.35. The van der Waals surface area contributed by atoms with Crippen molar-refractivity contribution in [3.63, 3.8) is 0 Å². The molecule has 1 saturated heterocycles. The van der Waals surface area contributed by atoms with Gasteiger partial charge in [0.05, 0.1) is 12.6 Å². The molecule has 4 atom stereocenters. The summed E-state index contributed by atoms with van der Waals surface area (Å²) in [6, 6.07) is -1.30. The molecular weight excluding hydrogens is 166 g/mol. The van der Waals surface area contributed by atoms with Crippen LogP contribution in [-0.2, 0) is 4.74 Å². The number of alkyl halides is 1. The van der Waals surface area contributed by atoms with Gasteiger partial charge in [-0.3, -0.25) is 0 Å². The van der Waals surface area contributed by atoms with Gasteiger partial charge in [-0.25, -0.2) is 4.39 Å². The monoisotopic (exact) mass is 176 g/mol. The third-order valence-corrected chi connectivity index (χ3v) is 2.07. The van der Waals surface area contributed by atoms with E-state index in [1.807, 2.05) is 0 Å². The van der Waals surface area contributed by atoms with Crippen LogP contribution >= 0.6 is 0 Å². The summed E-state index contributed by atoms with van der Waals surface area (Å²) < 4.78 is 17.0. The topological polar surface area (TPSA) is 69.9 Å². The zero-order valence-electron chi connectivity index (χ0n) is 6.35. The molecule has 0 amide bonds. The lowest BCUT2D eigenvalue weighted by atomic mass is 9.81. The van der Waals surface area contributed by atoms with Crippen LogP contribution in [0.1, 0.15) is 0 Å². The van der Waals surface area contributed by atoms with Gasteiger partial charge in [0.25, 0.3) is 0 Å². The van der Waals surface area contributed by atoms with Crippen LogP contribution in [0.5, 0.6) is 0 Å². The molecule has 0 saturated carbocycles. The van der Waals surface area contributed by atoms with E-state index in [-0.39, 0.29) is 0 Å². The number of halogens is 1. The molecule has 4 nitrogen and oxygen atoms in total. The Morgan fingerprint density at radius 1 is 1.58 bits per heavy atom. The zero-order valence-corrected chi connectivity index (χ0v) is 6.35. The first-order valence-electron chi connectivity index (χ1n) is 3.54. The van der Waals surface area contributed by atoms with Crippen molar-refractivity contribution >= 4 is 7.85 Å². The highest BCUT2D eigenvalue weighted by Gasteiger charge is 2.52. The third kappa shape index (κ3) is 1.24. The summed E-state index contributed by atoms with van der Waals surface area (Å²) in [7, 11) is 5.20. The fourth-order valence-corrected chi connectivity index (χ4v) is 1.17. The smallest absolute Gasteiger partial charge is 0.139 e. The maximum atomic E-state index is 12.2. The van der Waals surface area contributed by atoms with E-state index in [0.717, 1.165) is 0 Å². The molecule has 0 aromatic rings. The predicted octanol–water partition coefficient (Wildman–Crippen LogP) is -2.07. The lowest BCUT2D eigenvalue weighted by molar-refractivity contribution is -0.0734. The number of hydrogen-bond donors (Lipinski definition) is 3. The summed E-state index contributed by atoms with van der Waals surface area (Å²) in [6.07, 6.45) is -2.50. The molecule has 0 unspecified atom stereocenters. The molecule has 0 aliphatic carbocycles. The van der Waals surface area contributed by atoms with Gasteiger partial charge in [-0.2, -0.15) is 0 Å². The lowest BCUT2D eigenvalue weighted by Gasteiger charge is -2.25. The molecule has 12 heavy (non-hydrogen) atoms. The van der Waals surface area contributed by atoms with Crippen molar-refractivity contribution in [2.75, 3.05) is 13.3 Å². The van der Waals surface area contributed by atoms with E-state index >= 15 is 0 Å². The molecule has 3 N–H and O–H groups in total. The quantitative estimate of drug-likeness (QED) is 0.423. The summed E-state index contributed by atoms with van der Waals surface area (Å²) in [4.78, 5) is 0. The van der Waals surface area contributed by atoms with Crippen LogP contribution in [-0.4, -0.2) is 60.3 Å². The van der Waals surface area contributed by atoms with Crippen molar-refractivity contribution in [2.24, 2.45) is 0 Å². The first-order valence-corrected chi connectivity index (χ1v) is 3.54. The van der Waals surface area contributed by atoms with Crippen molar-refractivity contribution in [2.45, 2.75) is 23.8 Å². The van der Waals surface area contributed by atoms with Crippen molar-refractivity contribution in [1.29, 1.82) is 0 Å². The van der Waals surface area contributed by atoms with Gasteiger partial charge < -0.3 is 20.1 Å². The number of aliphatic hydroxyl groups excluding tert-OH is 2. The van der Waals surface area contributed by atoms with Gasteiger partial charge in [-0.05, 0) is 0 Å². The van der Waals surface area contributed by atoms with Crippen LogP contribution in [0.15, 0.2) is 0 Å². The Morgan fingerprint density at radius 3 is 2.42 bits per heavy atom. The van der Waals surface area contributed by atoms with Crippen LogP contribution in [0.2, 0.25) is 0 Å². The molecule has 1 rings (SSSR count). The predicted molar refractivity (Wildman–Crippen MR) is 38.4 cm³/mol. The average molecular weight is 176 g/mol. The fraction of sp³-hybridized carbons (Fsp3) is 1.00. The number of aliphatic hydroxyl groups is 3. The standard InChI is InChI=1S/C6H10BFO4/c7-5-6(11,2-8)4(10)3(1-9)12-5/h3-5,9-11H,1-2H2/t3-,4+,5-,6-/m1/s1. The van der Waals surface area contributed by atoms with Crippen LogP contribution in [0.3, 0.4) is 0 Å². The first-order chi connectivity index (χ1) is 5.56. The Morgan fingerprint density at radius 2 is 2.17 bits per heavy atom. The highest BCUT2D eigenvalue weighted by molar-refractivity contribution is 6.12. The van der Waals surface area contributed by atoms with Gasteiger partial charge in [0.1, 0.15) is 32.3 Å². The largest absolute Gasteiger partial charge is 0.394 e. The molecule has 0 bridgehead atoms. The Bertz CT molecular complexity index is 170. The van der Waals surface area contributed by atoms with Crippen molar-refractivity contribution < 1.29 is 24.4 Å². The van der Waals surface area contributed by atoms with E-state index in [1.54, 1.807) is 0 Å². The molecule has 0 aromatic heterocycles. The summed E-state index contributed by atoms with van der Waals surface area (Å²) in [5.41, 5.74) is -2.09. The van der Waals surface area contributed by atoms with E-state index in [4.69, 9.17) is 17.7 Å². The van der Waals surface area contributed by atoms with Gasteiger partial charge in [0.15, 0.2) is 0 Å². The number of hydrogen-bond acceptors (Lipinski definition) is 4. The molecule has 1 heterocycles. The van der Waals surface area contributed by atoms with Crippen molar-refractivity contribution in [3.05, 3.63) is 0 Å².